The van der Waals surface area contributed by atoms with E-state index in [0.717, 1.165) is 23.6 Å². The zero-order valence-corrected chi connectivity index (χ0v) is 16.0. The lowest BCUT2D eigenvalue weighted by atomic mass is 10.1. The predicted octanol–water partition coefficient (Wildman–Crippen LogP) is 4.05. The molecule has 27 heavy (non-hydrogen) atoms. The maximum absolute atomic E-state index is 12.0. The highest BCUT2D eigenvalue weighted by Crippen LogP contribution is 2.46. The van der Waals surface area contributed by atoms with Crippen LogP contribution >= 0.6 is 0 Å². The van der Waals surface area contributed by atoms with Crippen molar-refractivity contribution in [2.75, 3.05) is 36.7 Å². The molecule has 1 atom stereocenters. The quantitative estimate of drug-likeness (QED) is 0.684. The number of benzene rings is 2. The van der Waals surface area contributed by atoms with E-state index in [1.165, 1.54) is 23.7 Å². The first-order valence-electron chi connectivity index (χ1n) is 9.10. The largest absolute Gasteiger partial charge is 0.465 e. The summed E-state index contributed by atoms with van der Waals surface area (Å²) < 4.78 is 7.23. The molecule has 0 saturated carbocycles. The molecule has 0 fully saturated rings. The molecule has 0 amide bonds. The van der Waals surface area contributed by atoms with Gasteiger partial charge in [0, 0.05) is 31.5 Å². The third-order valence-corrected chi connectivity index (χ3v) is 5.27. The molecule has 0 radical (unpaired) electrons. The fourth-order valence-corrected chi connectivity index (χ4v) is 4.01. The standard InChI is InChI=1S/C21H24N4O2/c1-5-25-17-9-7-6-8-13(17)12-18(25)20-23-16-11-14(21(26)27-4)10-15(22-2)19(16)24(20)3/h6-12,20,22-23H,5H2,1-4H3. The lowest BCUT2D eigenvalue weighted by molar-refractivity contribution is 0.0601. The Morgan fingerprint density at radius 2 is 2.04 bits per heavy atom. The van der Waals surface area contributed by atoms with Gasteiger partial charge in [0.05, 0.1) is 35.4 Å². The average molecular weight is 364 g/mol. The van der Waals surface area contributed by atoms with Crippen molar-refractivity contribution in [3.05, 3.63) is 53.7 Å². The van der Waals surface area contributed by atoms with Crippen LogP contribution in [-0.4, -0.2) is 31.7 Å². The van der Waals surface area contributed by atoms with Crippen molar-refractivity contribution in [3.63, 3.8) is 0 Å². The summed E-state index contributed by atoms with van der Waals surface area (Å²) in [5, 5.41) is 8.02. The smallest absolute Gasteiger partial charge is 0.338 e. The number of ether oxygens (including phenoxy) is 1. The molecule has 1 aromatic heterocycles. The van der Waals surface area contributed by atoms with Crippen LogP contribution in [-0.2, 0) is 11.3 Å². The Labute approximate surface area is 158 Å². The van der Waals surface area contributed by atoms with Gasteiger partial charge in [-0.1, -0.05) is 18.2 Å². The van der Waals surface area contributed by atoms with Gasteiger partial charge in [-0.05, 0) is 31.2 Å². The van der Waals surface area contributed by atoms with Crippen LogP contribution < -0.4 is 15.5 Å². The maximum atomic E-state index is 12.0. The van der Waals surface area contributed by atoms with Gasteiger partial charge in [0.25, 0.3) is 0 Å². The summed E-state index contributed by atoms with van der Waals surface area (Å²) in [6, 6.07) is 14.4. The summed E-state index contributed by atoms with van der Waals surface area (Å²) in [4.78, 5) is 14.2. The number of nitrogens with one attached hydrogen (secondary N) is 2. The van der Waals surface area contributed by atoms with Crippen molar-refractivity contribution in [2.45, 2.75) is 19.6 Å². The summed E-state index contributed by atoms with van der Waals surface area (Å²) in [6.07, 6.45) is -0.0210. The first-order chi connectivity index (χ1) is 13.1. The Kier molecular flexibility index (Phi) is 4.18. The van der Waals surface area contributed by atoms with Crippen LogP contribution in [0.15, 0.2) is 42.5 Å². The van der Waals surface area contributed by atoms with Crippen LogP contribution in [0.2, 0.25) is 0 Å². The minimum Gasteiger partial charge on any atom is -0.465 e. The fourth-order valence-electron chi connectivity index (χ4n) is 4.01. The number of hydrogen-bond donors (Lipinski definition) is 2. The zero-order valence-electron chi connectivity index (χ0n) is 16.0. The number of carbonyl (C=O) groups excluding carboxylic acids is 1. The van der Waals surface area contributed by atoms with E-state index in [2.05, 4.69) is 64.4 Å². The second-order valence-electron chi connectivity index (χ2n) is 6.69. The van der Waals surface area contributed by atoms with Crippen LogP contribution in [0.5, 0.6) is 0 Å². The SMILES string of the molecule is CCn1c(C2Nc3cc(C(=O)OC)cc(NC)c3N2C)cc2ccccc21. The number of aryl methyl sites for hydroxylation is 1. The lowest BCUT2D eigenvalue weighted by Crippen LogP contribution is -2.26. The number of para-hydroxylation sites is 1. The highest BCUT2D eigenvalue weighted by atomic mass is 16.5. The topological polar surface area (TPSA) is 58.5 Å². The Hall–Kier alpha value is -3.15. The summed E-state index contributed by atoms with van der Waals surface area (Å²) in [7, 11) is 5.33. The van der Waals surface area contributed by atoms with Crippen LogP contribution in [0.3, 0.4) is 0 Å². The molecule has 1 aliphatic rings. The van der Waals surface area contributed by atoms with Crippen molar-refractivity contribution in [1.29, 1.82) is 0 Å². The molecule has 0 aliphatic carbocycles. The van der Waals surface area contributed by atoms with Gasteiger partial charge >= 0.3 is 5.97 Å². The number of carbonyl (C=O) groups is 1. The maximum Gasteiger partial charge on any atom is 0.338 e. The van der Waals surface area contributed by atoms with Gasteiger partial charge in [-0.2, -0.15) is 0 Å². The van der Waals surface area contributed by atoms with E-state index in [4.69, 9.17) is 4.74 Å². The Bertz CT molecular complexity index is 1020. The number of fused-ring (bicyclic) bond motifs is 2. The first kappa shape index (κ1) is 17.3. The van der Waals surface area contributed by atoms with Gasteiger partial charge in [-0.3, -0.25) is 0 Å². The average Bonchev–Trinajstić information content (AvgIpc) is 3.23. The van der Waals surface area contributed by atoms with Gasteiger partial charge in [-0.15, -0.1) is 0 Å². The van der Waals surface area contributed by atoms with Gasteiger partial charge in [0.2, 0.25) is 0 Å². The number of methoxy groups -OCH3 is 1. The van der Waals surface area contributed by atoms with Gasteiger partial charge < -0.3 is 24.8 Å². The molecule has 1 aliphatic heterocycles. The predicted molar refractivity (Wildman–Crippen MR) is 110 cm³/mol. The normalized spacial score (nSPS) is 15.6. The summed E-state index contributed by atoms with van der Waals surface area (Å²) in [6.45, 7) is 3.05. The van der Waals surface area contributed by atoms with Crippen LogP contribution in [0.25, 0.3) is 10.9 Å². The van der Waals surface area contributed by atoms with Crippen LogP contribution in [0.4, 0.5) is 17.1 Å². The number of anilines is 3. The molecule has 0 spiro atoms. The molecule has 3 aromatic rings. The van der Waals surface area contributed by atoms with Crippen molar-refractivity contribution < 1.29 is 9.53 Å². The van der Waals surface area contributed by atoms with Crippen molar-refractivity contribution >= 4 is 33.9 Å². The van der Waals surface area contributed by atoms with Crippen LogP contribution in [0, 0.1) is 0 Å². The zero-order chi connectivity index (χ0) is 19.1. The molecule has 2 N–H and O–H groups in total. The van der Waals surface area contributed by atoms with E-state index in [9.17, 15) is 4.79 Å². The van der Waals surface area contributed by atoms with Crippen LogP contribution in [0.1, 0.15) is 29.1 Å². The molecule has 2 heterocycles. The van der Waals surface area contributed by atoms with E-state index in [-0.39, 0.29) is 12.1 Å². The van der Waals surface area contributed by atoms with Gasteiger partial charge in [0.15, 0.2) is 0 Å². The molecule has 0 bridgehead atoms. The van der Waals surface area contributed by atoms with Crippen molar-refractivity contribution in [1.82, 2.24) is 4.57 Å². The highest BCUT2D eigenvalue weighted by Gasteiger charge is 2.32. The second-order valence-corrected chi connectivity index (χ2v) is 6.69. The Morgan fingerprint density at radius 3 is 2.74 bits per heavy atom. The first-order valence-corrected chi connectivity index (χ1v) is 9.10. The van der Waals surface area contributed by atoms with E-state index >= 15 is 0 Å². The molecule has 6 nitrogen and oxygen atoms in total. The minimum atomic E-state index is -0.343. The number of hydrogen-bond acceptors (Lipinski definition) is 5. The van der Waals surface area contributed by atoms with E-state index < -0.39 is 0 Å². The minimum absolute atomic E-state index is 0.0210. The number of nitrogens with zero attached hydrogens (tertiary/aromatic N) is 2. The van der Waals surface area contributed by atoms with E-state index in [0.29, 0.717) is 5.56 Å². The Morgan fingerprint density at radius 1 is 1.26 bits per heavy atom. The van der Waals surface area contributed by atoms with Gasteiger partial charge in [0.1, 0.15) is 6.17 Å². The molecule has 6 heteroatoms. The van der Waals surface area contributed by atoms with E-state index in [1.54, 1.807) is 0 Å². The van der Waals surface area contributed by atoms with Crippen molar-refractivity contribution in [3.8, 4) is 0 Å². The fraction of sp³-hybridized carbons (Fsp3) is 0.286. The third-order valence-electron chi connectivity index (χ3n) is 5.27. The monoisotopic (exact) mass is 364 g/mol. The second kappa shape index (κ2) is 6.54. The van der Waals surface area contributed by atoms with Crippen molar-refractivity contribution in [2.24, 2.45) is 0 Å². The highest BCUT2D eigenvalue weighted by molar-refractivity contribution is 5.98. The molecule has 1 unspecified atom stereocenters. The summed E-state index contributed by atoms with van der Waals surface area (Å²) in [5.74, 6) is -0.343. The number of aromatic nitrogens is 1. The Balaban J connectivity index is 1.82. The molecule has 2 aromatic carbocycles. The molecular weight excluding hydrogens is 340 g/mol. The lowest BCUT2D eigenvalue weighted by Gasteiger charge is -2.25. The van der Waals surface area contributed by atoms with Gasteiger partial charge in [-0.25, -0.2) is 4.79 Å². The molecule has 140 valence electrons. The molecular formula is C21H24N4O2. The molecule has 0 saturated heterocycles. The summed E-state index contributed by atoms with van der Waals surface area (Å²) >= 11 is 0. The van der Waals surface area contributed by atoms with E-state index in [1.807, 2.05) is 19.2 Å². The summed E-state index contributed by atoms with van der Waals surface area (Å²) in [5.41, 5.74) is 5.80. The molecule has 4 rings (SSSR count). The number of esters is 1. The number of rotatable bonds is 4. The third kappa shape index (κ3) is 2.60.